The second-order valence-corrected chi connectivity index (χ2v) is 8.31. The van der Waals surface area contributed by atoms with Crippen LogP contribution in [0.15, 0.2) is 35.0 Å². The topological polar surface area (TPSA) is 63.9 Å². The highest BCUT2D eigenvalue weighted by atomic mass is 16.6. The molecule has 158 valence electrons. The molecule has 0 saturated carbocycles. The Kier molecular flexibility index (Phi) is 5.31. The predicted molar refractivity (Wildman–Crippen MR) is 114 cm³/mol. The van der Waals surface area contributed by atoms with Crippen LogP contribution in [0.4, 0.5) is 0 Å². The van der Waals surface area contributed by atoms with Gasteiger partial charge in [-0.25, -0.2) is 4.63 Å². The van der Waals surface area contributed by atoms with Gasteiger partial charge in [0.05, 0.1) is 14.2 Å². The summed E-state index contributed by atoms with van der Waals surface area (Å²) in [6.07, 6.45) is 3.54. The summed E-state index contributed by atoms with van der Waals surface area (Å²) in [6.45, 7) is 5.25. The molecule has 0 radical (unpaired) electrons. The van der Waals surface area contributed by atoms with Crippen LogP contribution in [-0.2, 0) is 19.5 Å². The number of hydrogen-bond acceptors (Lipinski definition) is 7. The van der Waals surface area contributed by atoms with Crippen LogP contribution < -0.4 is 9.47 Å². The number of aromatic nitrogens is 2. The van der Waals surface area contributed by atoms with Crippen molar-refractivity contribution in [2.45, 2.75) is 38.4 Å². The van der Waals surface area contributed by atoms with E-state index in [4.69, 9.17) is 14.1 Å². The standard InChI is InChI=1S/C23H28N4O3/c1-28-22-11-17-7-9-27(14-18(17)12-23(22)29-2)19-4-3-8-26(15-19)13-16-5-6-20-21(10-16)25-30-24-20/h5-6,10-12,19H,3-4,7-9,13-15H2,1-2H3. The third-order valence-corrected chi connectivity index (χ3v) is 6.47. The maximum Gasteiger partial charge on any atom is 0.161 e. The SMILES string of the molecule is COc1cc2c(cc1OC)CN(C1CCCN(Cc3ccc4nonc4c3)C1)CC2. The van der Waals surface area contributed by atoms with E-state index in [1.54, 1.807) is 14.2 Å². The average Bonchev–Trinajstić information content (AvgIpc) is 3.26. The summed E-state index contributed by atoms with van der Waals surface area (Å²) in [4.78, 5) is 5.21. The highest BCUT2D eigenvalue weighted by molar-refractivity contribution is 5.73. The van der Waals surface area contributed by atoms with Crippen molar-refractivity contribution in [1.82, 2.24) is 20.1 Å². The highest BCUT2D eigenvalue weighted by Crippen LogP contribution is 2.34. The predicted octanol–water partition coefficient (Wildman–Crippen LogP) is 3.26. The van der Waals surface area contributed by atoms with Crippen molar-refractivity contribution < 1.29 is 14.1 Å². The fraction of sp³-hybridized carbons (Fsp3) is 0.478. The minimum absolute atomic E-state index is 0.581. The first-order valence-corrected chi connectivity index (χ1v) is 10.6. The zero-order valence-corrected chi connectivity index (χ0v) is 17.6. The van der Waals surface area contributed by atoms with E-state index in [2.05, 4.69) is 44.4 Å². The van der Waals surface area contributed by atoms with Gasteiger partial charge in [-0.3, -0.25) is 9.80 Å². The lowest BCUT2D eigenvalue weighted by Crippen LogP contribution is -2.49. The summed E-state index contributed by atoms with van der Waals surface area (Å²) in [7, 11) is 3.41. The third kappa shape index (κ3) is 3.75. The van der Waals surface area contributed by atoms with Gasteiger partial charge >= 0.3 is 0 Å². The van der Waals surface area contributed by atoms with Gasteiger partial charge < -0.3 is 9.47 Å². The van der Waals surface area contributed by atoms with Crippen molar-refractivity contribution in [2.75, 3.05) is 33.9 Å². The van der Waals surface area contributed by atoms with Gasteiger partial charge in [-0.1, -0.05) is 6.07 Å². The third-order valence-electron chi connectivity index (χ3n) is 6.47. The Labute approximate surface area is 176 Å². The molecule has 3 aromatic rings. The molecule has 2 aromatic carbocycles. The maximum atomic E-state index is 5.52. The lowest BCUT2D eigenvalue weighted by atomic mass is 9.95. The Hall–Kier alpha value is -2.64. The lowest BCUT2D eigenvalue weighted by Gasteiger charge is -2.41. The molecule has 5 rings (SSSR count). The Morgan fingerprint density at radius 1 is 1.00 bits per heavy atom. The first-order chi connectivity index (χ1) is 14.7. The van der Waals surface area contributed by atoms with Crippen molar-refractivity contribution >= 4 is 11.0 Å². The van der Waals surface area contributed by atoms with Crippen LogP contribution in [0, 0.1) is 0 Å². The zero-order valence-electron chi connectivity index (χ0n) is 17.6. The summed E-state index contributed by atoms with van der Waals surface area (Å²) >= 11 is 0. The molecule has 0 N–H and O–H groups in total. The van der Waals surface area contributed by atoms with E-state index in [1.165, 1.54) is 29.5 Å². The number of piperidine rings is 1. The normalized spacial score (nSPS) is 20.3. The first kappa shape index (κ1) is 19.3. The van der Waals surface area contributed by atoms with Gasteiger partial charge in [-0.15, -0.1) is 0 Å². The number of methoxy groups -OCH3 is 2. The molecule has 1 saturated heterocycles. The fourth-order valence-electron chi connectivity index (χ4n) is 4.87. The summed E-state index contributed by atoms with van der Waals surface area (Å²) < 4.78 is 15.8. The van der Waals surface area contributed by atoms with Gasteiger partial charge in [0.1, 0.15) is 11.0 Å². The Morgan fingerprint density at radius 2 is 1.80 bits per heavy atom. The van der Waals surface area contributed by atoms with Gasteiger partial charge in [0.2, 0.25) is 0 Å². The maximum absolute atomic E-state index is 5.52. The van der Waals surface area contributed by atoms with Crippen molar-refractivity contribution in [3.05, 3.63) is 47.0 Å². The molecule has 1 aromatic heterocycles. The molecule has 3 heterocycles. The van der Waals surface area contributed by atoms with Gasteiger partial charge in [0.25, 0.3) is 0 Å². The van der Waals surface area contributed by atoms with E-state index in [9.17, 15) is 0 Å². The smallest absolute Gasteiger partial charge is 0.161 e. The van der Waals surface area contributed by atoms with Gasteiger partial charge in [-0.2, -0.15) is 0 Å². The molecule has 0 spiro atoms. The molecule has 2 aliphatic heterocycles. The molecule has 0 bridgehead atoms. The molecule has 1 atom stereocenters. The van der Waals surface area contributed by atoms with Crippen molar-refractivity contribution in [1.29, 1.82) is 0 Å². The van der Waals surface area contributed by atoms with E-state index in [0.717, 1.165) is 61.7 Å². The molecule has 7 heteroatoms. The molecule has 1 unspecified atom stereocenters. The van der Waals surface area contributed by atoms with Gasteiger partial charge in [0.15, 0.2) is 11.5 Å². The van der Waals surface area contributed by atoms with Crippen LogP contribution in [-0.4, -0.2) is 60.0 Å². The molecule has 30 heavy (non-hydrogen) atoms. The number of fused-ring (bicyclic) bond motifs is 2. The average molecular weight is 409 g/mol. The molecular weight excluding hydrogens is 380 g/mol. The summed E-state index contributed by atoms with van der Waals surface area (Å²) in [5.41, 5.74) is 5.65. The summed E-state index contributed by atoms with van der Waals surface area (Å²) in [5.74, 6) is 1.65. The van der Waals surface area contributed by atoms with E-state index < -0.39 is 0 Å². The summed E-state index contributed by atoms with van der Waals surface area (Å²) in [6, 6.07) is 11.1. The van der Waals surface area contributed by atoms with Crippen molar-refractivity contribution in [2.24, 2.45) is 0 Å². The van der Waals surface area contributed by atoms with Crippen LogP contribution in [0.5, 0.6) is 11.5 Å². The number of likely N-dealkylation sites (tertiary alicyclic amines) is 1. The lowest BCUT2D eigenvalue weighted by molar-refractivity contribution is 0.0837. The van der Waals surface area contributed by atoms with E-state index in [0.29, 0.717) is 6.04 Å². The largest absolute Gasteiger partial charge is 0.493 e. The fourth-order valence-corrected chi connectivity index (χ4v) is 4.87. The second-order valence-electron chi connectivity index (χ2n) is 8.31. The van der Waals surface area contributed by atoms with E-state index in [-0.39, 0.29) is 0 Å². The van der Waals surface area contributed by atoms with Crippen LogP contribution in [0.3, 0.4) is 0 Å². The van der Waals surface area contributed by atoms with Gasteiger partial charge in [-0.05, 0) is 77.1 Å². The monoisotopic (exact) mass is 408 g/mol. The Bertz CT molecular complexity index is 1030. The summed E-state index contributed by atoms with van der Waals surface area (Å²) in [5, 5.41) is 7.87. The molecule has 1 fully saturated rings. The Morgan fingerprint density at radius 3 is 2.63 bits per heavy atom. The molecule has 7 nitrogen and oxygen atoms in total. The number of hydrogen-bond donors (Lipinski definition) is 0. The molecule has 0 aliphatic carbocycles. The molecule has 2 aliphatic rings. The highest BCUT2D eigenvalue weighted by Gasteiger charge is 2.29. The number of nitrogens with zero attached hydrogens (tertiary/aromatic N) is 4. The van der Waals surface area contributed by atoms with E-state index >= 15 is 0 Å². The molecule has 0 amide bonds. The molecular formula is C23H28N4O3. The van der Waals surface area contributed by atoms with E-state index in [1.807, 2.05) is 6.07 Å². The van der Waals surface area contributed by atoms with Crippen LogP contribution >= 0.6 is 0 Å². The number of rotatable bonds is 5. The van der Waals surface area contributed by atoms with Crippen LogP contribution in [0.2, 0.25) is 0 Å². The van der Waals surface area contributed by atoms with Crippen LogP contribution in [0.25, 0.3) is 11.0 Å². The quantitative estimate of drug-likeness (QED) is 0.642. The first-order valence-electron chi connectivity index (χ1n) is 10.6. The van der Waals surface area contributed by atoms with Crippen molar-refractivity contribution in [3.8, 4) is 11.5 Å². The number of benzene rings is 2. The van der Waals surface area contributed by atoms with Crippen molar-refractivity contribution in [3.63, 3.8) is 0 Å². The van der Waals surface area contributed by atoms with Gasteiger partial charge in [0, 0.05) is 32.2 Å². The second kappa shape index (κ2) is 8.24. The minimum Gasteiger partial charge on any atom is -0.493 e. The Balaban J connectivity index is 1.27. The van der Waals surface area contributed by atoms with Crippen LogP contribution in [0.1, 0.15) is 29.5 Å². The minimum atomic E-state index is 0.581. The number of ether oxygens (including phenoxy) is 2. The zero-order chi connectivity index (χ0) is 20.5.